The van der Waals surface area contributed by atoms with Crippen molar-refractivity contribution in [1.82, 2.24) is 5.32 Å². The van der Waals surface area contributed by atoms with E-state index in [-0.39, 0.29) is 18.3 Å². The second kappa shape index (κ2) is 6.16. The molecule has 0 radical (unpaired) electrons. The summed E-state index contributed by atoms with van der Waals surface area (Å²) in [4.78, 5) is 0. The highest BCUT2D eigenvalue weighted by molar-refractivity contribution is 5.34. The van der Waals surface area contributed by atoms with Gasteiger partial charge in [-0.05, 0) is 31.0 Å². The highest BCUT2D eigenvalue weighted by atomic mass is 19.1. The Morgan fingerprint density at radius 2 is 2.28 bits per heavy atom. The van der Waals surface area contributed by atoms with Gasteiger partial charge in [-0.3, -0.25) is 0 Å². The molecule has 0 heterocycles. The largest absolute Gasteiger partial charge is 0.493 e. The second-order valence-corrected chi connectivity index (χ2v) is 5.01. The standard InChI is InChI=1S/C14H20FNO2/c1-10(8-17)9-18-14-5-2-12(15)6-11(14)7-16-13-3-4-13/h2,5-6,10,13,16-17H,3-4,7-9H2,1H3. The van der Waals surface area contributed by atoms with E-state index in [2.05, 4.69) is 5.32 Å². The van der Waals surface area contributed by atoms with Gasteiger partial charge in [-0.1, -0.05) is 6.92 Å². The first-order valence-corrected chi connectivity index (χ1v) is 6.44. The van der Waals surface area contributed by atoms with Crippen molar-refractivity contribution >= 4 is 0 Å². The van der Waals surface area contributed by atoms with E-state index in [0.29, 0.717) is 24.9 Å². The Hall–Kier alpha value is -1.13. The molecule has 1 fully saturated rings. The molecule has 0 amide bonds. The molecule has 0 spiro atoms. The third-order valence-electron chi connectivity index (χ3n) is 3.02. The molecule has 0 aliphatic heterocycles. The molecule has 1 aliphatic rings. The molecule has 4 heteroatoms. The average Bonchev–Trinajstić information content (AvgIpc) is 3.18. The third kappa shape index (κ3) is 3.96. The Kier molecular flexibility index (Phi) is 4.55. The van der Waals surface area contributed by atoms with Gasteiger partial charge < -0.3 is 15.2 Å². The molecule has 100 valence electrons. The van der Waals surface area contributed by atoms with Crippen LogP contribution in [-0.2, 0) is 6.54 Å². The molecule has 2 rings (SSSR count). The molecule has 1 atom stereocenters. The Labute approximate surface area is 107 Å². The maximum atomic E-state index is 13.2. The van der Waals surface area contributed by atoms with Crippen molar-refractivity contribution in [2.45, 2.75) is 32.4 Å². The van der Waals surface area contributed by atoms with Crippen LogP contribution < -0.4 is 10.1 Å². The van der Waals surface area contributed by atoms with Gasteiger partial charge in [0.05, 0.1) is 6.61 Å². The fourth-order valence-electron chi connectivity index (χ4n) is 1.65. The van der Waals surface area contributed by atoms with E-state index in [4.69, 9.17) is 9.84 Å². The zero-order chi connectivity index (χ0) is 13.0. The van der Waals surface area contributed by atoms with Gasteiger partial charge in [-0.15, -0.1) is 0 Å². The molecule has 1 aliphatic carbocycles. The van der Waals surface area contributed by atoms with E-state index in [1.165, 1.54) is 25.0 Å². The number of ether oxygens (including phenoxy) is 1. The summed E-state index contributed by atoms with van der Waals surface area (Å²) in [6.07, 6.45) is 2.40. The molecule has 0 bridgehead atoms. The van der Waals surface area contributed by atoms with Crippen LogP contribution >= 0.6 is 0 Å². The van der Waals surface area contributed by atoms with Crippen molar-refractivity contribution in [2.24, 2.45) is 5.92 Å². The first-order chi connectivity index (χ1) is 8.69. The fourth-order valence-corrected chi connectivity index (χ4v) is 1.65. The highest BCUT2D eigenvalue weighted by Crippen LogP contribution is 2.23. The predicted octanol–water partition coefficient (Wildman–Crippen LogP) is 2.08. The number of benzene rings is 1. The van der Waals surface area contributed by atoms with Crippen molar-refractivity contribution in [3.05, 3.63) is 29.6 Å². The molecule has 18 heavy (non-hydrogen) atoms. The van der Waals surface area contributed by atoms with Crippen LogP contribution in [0.15, 0.2) is 18.2 Å². The van der Waals surface area contributed by atoms with Crippen LogP contribution in [0.5, 0.6) is 5.75 Å². The molecule has 1 aromatic rings. The Balaban J connectivity index is 1.97. The van der Waals surface area contributed by atoms with E-state index < -0.39 is 0 Å². The molecular formula is C14H20FNO2. The van der Waals surface area contributed by atoms with Crippen LogP contribution in [0.25, 0.3) is 0 Å². The summed E-state index contributed by atoms with van der Waals surface area (Å²) >= 11 is 0. The monoisotopic (exact) mass is 253 g/mol. The SMILES string of the molecule is CC(CO)COc1ccc(F)cc1CNC1CC1. The van der Waals surface area contributed by atoms with Crippen LogP contribution in [-0.4, -0.2) is 24.4 Å². The smallest absolute Gasteiger partial charge is 0.123 e. The van der Waals surface area contributed by atoms with Gasteiger partial charge in [0.15, 0.2) is 0 Å². The Bertz CT molecular complexity index is 393. The maximum Gasteiger partial charge on any atom is 0.123 e. The lowest BCUT2D eigenvalue weighted by Gasteiger charge is -2.14. The van der Waals surface area contributed by atoms with E-state index >= 15 is 0 Å². The summed E-state index contributed by atoms with van der Waals surface area (Å²) in [5, 5.41) is 12.3. The summed E-state index contributed by atoms with van der Waals surface area (Å²) in [6, 6.07) is 5.15. The Morgan fingerprint density at radius 3 is 2.94 bits per heavy atom. The normalized spacial score (nSPS) is 16.6. The summed E-state index contributed by atoms with van der Waals surface area (Å²) in [6.45, 7) is 3.08. The van der Waals surface area contributed by atoms with Crippen LogP contribution in [0.1, 0.15) is 25.3 Å². The van der Waals surface area contributed by atoms with E-state index in [1.807, 2.05) is 6.92 Å². The van der Waals surface area contributed by atoms with E-state index in [0.717, 1.165) is 5.56 Å². The van der Waals surface area contributed by atoms with Crippen LogP contribution in [0, 0.1) is 11.7 Å². The van der Waals surface area contributed by atoms with Gasteiger partial charge in [0.2, 0.25) is 0 Å². The molecule has 0 aromatic heterocycles. The minimum absolute atomic E-state index is 0.0827. The summed E-state index contributed by atoms with van der Waals surface area (Å²) < 4.78 is 18.9. The predicted molar refractivity (Wildman–Crippen MR) is 68.0 cm³/mol. The van der Waals surface area contributed by atoms with Gasteiger partial charge in [0, 0.05) is 30.7 Å². The fraction of sp³-hybridized carbons (Fsp3) is 0.571. The van der Waals surface area contributed by atoms with Crippen molar-refractivity contribution in [2.75, 3.05) is 13.2 Å². The minimum atomic E-state index is -0.245. The number of aliphatic hydroxyl groups is 1. The molecule has 1 unspecified atom stereocenters. The molecular weight excluding hydrogens is 233 g/mol. The first kappa shape index (κ1) is 13.3. The third-order valence-corrected chi connectivity index (χ3v) is 3.02. The van der Waals surface area contributed by atoms with Gasteiger partial charge in [-0.2, -0.15) is 0 Å². The van der Waals surface area contributed by atoms with E-state index in [9.17, 15) is 4.39 Å². The molecule has 2 N–H and O–H groups in total. The van der Waals surface area contributed by atoms with Gasteiger partial charge >= 0.3 is 0 Å². The number of rotatable bonds is 7. The number of hydrogen-bond acceptors (Lipinski definition) is 3. The zero-order valence-corrected chi connectivity index (χ0v) is 10.7. The number of aliphatic hydroxyl groups excluding tert-OH is 1. The number of halogens is 1. The molecule has 3 nitrogen and oxygen atoms in total. The summed E-state index contributed by atoms with van der Waals surface area (Å²) in [7, 11) is 0. The summed E-state index contributed by atoms with van der Waals surface area (Å²) in [5.74, 6) is 0.536. The maximum absolute atomic E-state index is 13.2. The van der Waals surface area contributed by atoms with Crippen LogP contribution in [0.3, 0.4) is 0 Å². The number of hydrogen-bond donors (Lipinski definition) is 2. The Morgan fingerprint density at radius 1 is 1.50 bits per heavy atom. The molecule has 1 aromatic carbocycles. The lowest BCUT2D eigenvalue weighted by molar-refractivity contribution is 0.173. The average molecular weight is 253 g/mol. The second-order valence-electron chi connectivity index (χ2n) is 5.01. The lowest BCUT2D eigenvalue weighted by atomic mass is 10.2. The minimum Gasteiger partial charge on any atom is -0.493 e. The lowest BCUT2D eigenvalue weighted by Crippen LogP contribution is -2.17. The summed E-state index contributed by atoms with van der Waals surface area (Å²) in [5.41, 5.74) is 0.840. The van der Waals surface area contributed by atoms with Gasteiger partial charge in [-0.25, -0.2) is 4.39 Å². The highest BCUT2D eigenvalue weighted by Gasteiger charge is 2.20. The number of nitrogens with one attached hydrogen (secondary N) is 1. The van der Waals surface area contributed by atoms with E-state index in [1.54, 1.807) is 6.07 Å². The van der Waals surface area contributed by atoms with Gasteiger partial charge in [0.25, 0.3) is 0 Å². The zero-order valence-electron chi connectivity index (χ0n) is 10.7. The van der Waals surface area contributed by atoms with Crippen molar-refractivity contribution < 1.29 is 14.2 Å². The van der Waals surface area contributed by atoms with Crippen molar-refractivity contribution in [1.29, 1.82) is 0 Å². The topological polar surface area (TPSA) is 41.5 Å². The quantitative estimate of drug-likeness (QED) is 0.781. The molecule has 1 saturated carbocycles. The first-order valence-electron chi connectivity index (χ1n) is 6.44. The van der Waals surface area contributed by atoms with Crippen molar-refractivity contribution in [3.63, 3.8) is 0 Å². The molecule has 0 saturated heterocycles. The van der Waals surface area contributed by atoms with Crippen LogP contribution in [0.4, 0.5) is 4.39 Å². The van der Waals surface area contributed by atoms with Crippen molar-refractivity contribution in [3.8, 4) is 5.75 Å². The van der Waals surface area contributed by atoms with Gasteiger partial charge in [0.1, 0.15) is 11.6 Å². The van der Waals surface area contributed by atoms with Crippen LogP contribution in [0.2, 0.25) is 0 Å².